The van der Waals surface area contributed by atoms with Crippen LogP contribution in [0.25, 0.3) is 0 Å². The summed E-state index contributed by atoms with van der Waals surface area (Å²) < 4.78 is 24.7. The van der Waals surface area contributed by atoms with Crippen LogP contribution in [0.15, 0.2) is 36.7 Å². The summed E-state index contributed by atoms with van der Waals surface area (Å²) in [5.74, 6) is -0.891. The van der Waals surface area contributed by atoms with Gasteiger partial charge in [0, 0.05) is 12.4 Å². The molecule has 0 radical (unpaired) electrons. The van der Waals surface area contributed by atoms with E-state index in [1.54, 1.807) is 0 Å². The first-order chi connectivity index (χ1) is 8.65. The molecular weight excluding hydrogens is 260 g/mol. The fourth-order valence-electron chi connectivity index (χ4n) is 0.990. The van der Waals surface area contributed by atoms with Crippen molar-refractivity contribution in [2.24, 2.45) is 0 Å². The average Bonchev–Trinajstić information content (AvgIpc) is 2.37. The molecule has 0 amide bonds. The van der Waals surface area contributed by atoms with Crippen LogP contribution in [0.2, 0.25) is 5.15 Å². The molecule has 2 heterocycles. The normalized spacial score (nSPS) is 9.00. The molecule has 0 saturated heterocycles. The molecule has 3 nitrogen and oxygen atoms in total. The molecule has 0 N–H and O–H groups in total. The Bertz CT molecular complexity index is 534. The zero-order valence-corrected chi connectivity index (χ0v) is 9.90. The van der Waals surface area contributed by atoms with Gasteiger partial charge >= 0.3 is 0 Å². The van der Waals surface area contributed by atoms with Gasteiger partial charge in [-0.15, -0.1) is 0 Å². The van der Waals surface area contributed by atoms with Crippen molar-refractivity contribution in [3.05, 3.63) is 59.1 Å². The maximum atomic E-state index is 12.6. The third-order valence-corrected chi connectivity index (χ3v) is 2.07. The Morgan fingerprint density at radius 1 is 1.11 bits per heavy atom. The minimum Gasteiger partial charge on any atom is -0.257 e. The topological polar surface area (TPSA) is 49.6 Å². The number of halogens is 3. The second kappa shape index (κ2) is 7.30. The minimum atomic E-state index is -0.478. The van der Waals surface area contributed by atoms with Gasteiger partial charge in [-0.25, -0.2) is 13.8 Å². The van der Waals surface area contributed by atoms with E-state index < -0.39 is 11.6 Å². The van der Waals surface area contributed by atoms with Crippen molar-refractivity contribution in [3.8, 4) is 6.07 Å². The standard InChI is InChI=1S/C7H5FN2.C5H3ClFN/c8-6-2-1-5-10-7(6)3-4-9;6-5-4(7)2-1-3-8-5/h1-2,5H,3H2;1-3H. The Kier molecular flexibility index (Phi) is 5.68. The highest BCUT2D eigenvalue weighted by Gasteiger charge is 1.98. The number of hydrogen-bond donors (Lipinski definition) is 0. The summed E-state index contributed by atoms with van der Waals surface area (Å²) in [4.78, 5) is 7.14. The second-order valence-electron chi connectivity index (χ2n) is 3.04. The molecule has 0 aliphatic rings. The Morgan fingerprint density at radius 3 is 2.17 bits per heavy atom. The first-order valence-electron chi connectivity index (χ1n) is 4.87. The second-order valence-corrected chi connectivity index (χ2v) is 3.40. The van der Waals surface area contributed by atoms with Crippen molar-refractivity contribution in [1.29, 1.82) is 5.26 Å². The lowest BCUT2D eigenvalue weighted by Gasteiger charge is -1.92. The molecule has 0 spiro atoms. The lowest BCUT2D eigenvalue weighted by Crippen LogP contribution is -1.91. The summed E-state index contributed by atoms with van der Waals surface area (Å²) in [6.45, 7) is 0. The predicted molar refractivity (Wildman–Crippen MR) is 62.7 cm³/mol. The Hall–Kier alpha value is -2.06. The number of nitriles is 1. The highest BCUT2D eigenvalue weighted by molar-refractivity contribution is 6.29. The molecule has 0 atom stereocenters. The van der Waals surface area contributed by atoms with Gasteiger partial charge in [-0.05, 0) is 24.3 Å². The largest absolute Gasteiger partial charge is 0.257 e. The molecule has 2 aromatic rings. The third kappa shape index (κ3) is 4.44. The van der Waals surface area contributed by atoms with Crippen molar-refractivity contribution >= 4 is 11.6 Å². The molecule has 0 aromatic carbocycles. The summed E-state index contributed by atoms with van der Waals surface area (Å²) in [5, 5.41) is 8.11. The molecule has 0 saturated carbocycles. The quantitative estimate of drug-likeness (QED) is 0.746. The van der Waals surface area contributed by atoms with Crippen molar-refractivity contribution in [2.45, 2.75) is 6.42 Å². The van der Waals surface area contributed by atoms with E-state index in [0.29, 0.717) is 0 Å². The summed E-state index contributed by atoms with van der Waals surface area (Å²) in [6.07, 6.45) is 2.94. The van der Waals surface area contributed by atoms with Gasteiger partial charge in [0.05, 0.1) is 18.2 Å². The first kappa shape index (κ1) is 14.0. The highest BCUT2D eigenvalue weighted by Crippen LogP contribution is 2.07. The zero-order valence-electron chi connectivity index (χ0n) is 9.15. The van der Waals surface area contributed by atoms with E-state index in [1.165, 1.54) is 36.7 Å². The molecule has 6 heteroatoms. The molecule has 2 rings (SSSR count). The van der Waals surface area contributed by atoms with Crippen LogP contribution in [0.5, 0.6) is 0 Å². The molecule has 2 aromatic heterocycles. The fraction of sp³-hybridized carbons (Fsp3) is 0.0833. The van der Waals surface area contributed by atoms with Crippen molar-refractivity contribution in [3.63, 3.8) is 0 Å². The van der Waals surface area contributed by atoms with Crippen molar-refractivity contribution < 1.29 is 8.78 Å². The zero-order chi connectivity index (χ0) is 13.4. The minimum absolute atomic E-state index is 0.0344. The third-order valence-electron chi connectivity index (χ3n) is 1.79. The van der Waals surface area contributed by atoms with Gasteiger partial charge in [-0.1, -0.05) is 11.6 Å². The molecular formula is C12H8ClF2N3. The summed E-state index contributed by atoms with van der Waals surface area (Å²) in [6, 6.07) is 7.36. The van der Waals surface area contributed by atoms with Crippen molar-refractivity contribution in [2.75, 3.05) is 0 Å². The predicted octanol–water partition coefficient (Wildman–Crippen LogP) is 3.16. The molecule has 18 heavy (non-hydrogen) atoms. The maximum Gasteiger partial charge on any atom is 0.164 e. The van der Waals surface area contributed by atoms with Crippen LogP contribution >= 0.6 is 11.6 Å². The molecule has 92 valence electrons. The van der Waals surface area contributed by atoms with E-state index in [4.69, 9.17) is 16.9 Å². The summed E-state index contributed by atoms with van der Waals surface area (Å²) in [5.41, 5.74) is 0.213. The van der Waals surface area contributed by atoms with Gasteiger partial charge in [0.25, 0.3) is 0 Å². The number of pyridine rings is 2. The number of nitrogens with zero attached hydrogens (tertiary/aromatic N) is 3. The van der Waals surface area contributed by atoms with E-state index in [2.05, 4.69) is 9.97 Å². The van der Waals surface area contributed by atoms with Gasteiger partial charge < -0.3 is 0 Å². The van der Waals surface area contributed by atoms with Crippen LogP contribution < -0.4 is 0 Å². The number of rotatable bonds is 1. The van der Waals surface area contributed by atoms with Crippen LogP contribution in [0.4, 0.5) is 8.78 Å². The molecule has 0 bridgehead atoms. The van der Waals surface area contributed by atoms with Crippen LogP contribution in [0.1, 0.15) is 5.69 Å². The van der Waals surface area contributed by atoms with E-state index in [0.717, 1.165) is 0 Å². The van der Waals surface area contributed by atoms with E-state index in [1.807, 2.05) is 6.07 Å². The molecule has 0 aliphatic heterocycles. The lowest BCUT2D eigenvalue weighted by atomic mass is 10.3. The van der Waals surface area contributed by atoms with E-state index in [9.17, 15) is 8.78 Å². The van der Waals surface area contributed by atoms with Gasteiger partial charge in [0.15, 0.2) is 11.0 Å². The van der Waals surface area contributed by atoms with Gasteiger partial charge in [-0.2, -0.15) is 5.26 Å². The molecule has 0 unspecified atom stereocenters. The van der Waals surface area contributed by atoms with Crippen LogP contribution in [-0.2, 0) is 6.42 Å². The monoisotopic (exact) mass is 267 g/mol. The van der Waals surface area contributed by atoms with E-state index >= 15 is 0 Å². The van der Waals surface area contributed by atoms with Crippen molar-refractivity contribution in [1.82, 2.24) is 9.97 Å². The Labute approximate surface area is 108 Å². The Morgan fingerprint density at radius 2 is 1.72 bits per heavy atom. The molecule has 0 aliphatic carbocycles. The van der Waals surface area contributed by atoms with Crippen LogP contribution in [-0.4, -0.2) is 9.97 Å². The van der Waals surface area contributed by atoms with Gasteiger partial charge in [0.1, 0.15) is 5.82 Å². The van der Waals surface area contributed by atoms with Crippen LogP contribution in [0, 0.1) is 23.0 Å². The van der Waals surface area contributed by atoms with Gasteiger partial charge in [-0.3, -0.25) is 4.98 Å². The number of hydrogen-bond acceptors (Lipinski definition) is 3. The van der Waals surface area contributed by atoms with Gasteiger partial charge in [0.2, 0.25) is 0 Å². The van der Waals surface area contributed by atoms with Crippen LogP contribution in [0.3, 0.4) is 0 Å². The lowest BCUT2D eigenvalue weighted by molar-refractivity contribution is 0.605. The fourth-order valence-corrected chi connectivity index (χ4v) is 1.11. The Balaban J connectivity index is 0.000000184. The molecule has 0 fully saturated rings. The summed E-state index contributed by atoms with van der Waals surface area (Å²) >= 11 is 5.22. The smallest absolute Gasteiger partial charge is 0.164 e. The SMILES string of the molecule is Fc1cccnc1Cl.N#CCc1ncccc1F. The number of aromatic nitrogens is 2. The van der Waals surface area contributed by atoms with E-state index in [-0.39, 0.29) is 17.3 Å². The highest BCUT2D eigenvalue weighted by atomic mass is 35.5. The summed E-state index contributed by atoms with van der Waals surface area (Å²) in [7, 11) is 0. The maximum absolute atomic E-state index is 12.6. The first-order valence-corrected chi connectivity index (χ1v) is 5.25. The average molecular weight is 268 g/mol.